The number of carbonyl (C=O) groups is 1. The van der Waals surface area contributed by atoms with Gasteiger partial charge in [-0.05, 0) is 61.8 Å². The Bertz CT molecular complexity index is 1300. The summed E-state index contributed by atoms with van der Waals surface area (Å²) in [6, 6.07) is 7.87. The van der Waals surface area contributed by atoms with Gasteiger partial charge < -0.3 is 25.2 Å². The molecule has 3 heterocycles. The van der Waals surface area contributed by atoms with Crippen LogP contribution in [0, 0.1) is 5.82 Å². The molecule has 10 heteroatoms. The maximum absolute atomic E-state index is 15.5. The average Bonchev–Trinajstić information content (AvgIpc) is 3.49. The van der Waals surface area contributed by atoms with Crippen molar-refractivity contribution in [2.75, 3.05) is 23.3 Å². The summed E-state index contributed by atoms with van der Waals surface area (Å²) in [6.07, 6.45) is 6.18. The van der Waals surface area contributed by atoms with Gasteiger partial charge in [0, 0.05) is 49.5 Å². The summed E-state index contributed by atoms with van der Waals surface area (Å²) in [7, 11) is 0.733. The third-order valence-corrected chi connectivity index (χ3v) is 7.34. The second kappa shape index (κ2) is 8.62. The number of hydrogen-bond donors (Lipinski definition) is 3. The largest absolute Gasteiger partial charge is 0.492 e. The number of benzene rings is 2. The zero-order valence-corrected chi connectivity index (χ0v) is 19.9. The molecule has 0 spiro atoms. The minimum atomic E-state index is -1.04. The summed E-state index contributed by atoms with van der Waals surface area (Å²) in [6.45, 7) is 3.52. The first-order valence-corrected chi connectivity index (χ1v) is 12.3. The molecule has 1 aromatic heterocycles. The van der Waals surface area contributed by atoms with Gasteiger partial charge in [0.05, 0.1) is 11.8 Å². The van der Waals surface area contributed by atoms with Crippen molar-refractivity contribution in [3.63, 3.8) is 0 Å². The number of halogens is 1. The third kappa shape index (κ3) is 4.19. The molecule has 0 radical (unpaired) electrons. The lowest BCUT2D eigenvalue weighted by atomic mass is 9.79. The Kier molecular flexibility index (Phi) is 5.54. The Balaban J connectivity index is 1.27. The number of anilines is 2. The van der Waals surface area contributed by atoms with Crippen LogP contribution >= 0.6 is 0 Å². The fraction of sp³-hybridized carbons (Fsp3) is 0.440. The predicted molar refractivity (Wildman–Crippen MR) is 134 cm³/mol. The molecule has 182 valence electrons. The summed E-state index contributed by atoms with van der Waals surface area (Å²) < 4.78 is 22.5. The van der Waals surface area contributed by atoms with Gasteiger partial charge in [-0.1, -0.05) is 6.07 Å². The van der Waals surface area contributed by atoms with Crippen LogP contribution in [0.5, 0.6) is 0 Å². The smallest absolute Gasteiger partial charge is 0.423 e. The molecule has 8 nitrogen and oxygen atoms in total. The first-order valence-electron chi connectivity index (χ1n) is 12.3. The Morgan fingerprint density at radius 3 is 2.69 bits per heavy atom. The molecule has 1 unspecified atom stereocenters. The molecular weight excluding hydrogens is 448 g/mol. The minimum absolute atomic E-state index is 0.0831. The van der Waals surface area contributed by atoms with Crippen LogP contribution in [0.4, 0.5) is 15.8 Å². The highest BCUT2D eigenvalue weighted by molar-refractivity contribution is 6.61. The average molecular weight is 477 g/mol. The quantitative estimate of drug-likeness (QED) is 0.490. The van der Waals surface area contributed by atoms with Crippen LogP contribution in [-0.2, 0) is 11.7 Å². The second-order valence-corrected chi connectivity index (χ2v) is 9.95. The number of hydrogen-bond acceptors (Lipinski definition) is 6. The standard InChI is InChI=1S/C25H29BFN5O3/c1-14-18-6-5-17(11-20(18)26(34)35-14)29-25(33)23-21(27)12-22(19-13-31(2)30-24(19)23)32-9-7-16(8-10-32)28-15-3-4-15/h5-6,11-16,28,34H,3-4,7-10H2,1-2H3,(H,29,33). The van der Waals surface area contributed by atoms with E-state index in [0.717, 1.165) is 42.6 Å². The van der Waals surface area contributed by atoms with Crippen LogP contribution in [0.15, 0.2) is 30.5 Å². The summed E-state index contributed by atoms with van der Waals surface area (Å²) in [5.41, 5.74) is 2.97. The van der Waals surface area contributed by atoms with Crippen LogP contribution in [-0.4, -0.2) is 53.0 Å². The molecule has 3 N–H and O–H groups in total. The van der Waals surface area contributed by atoms with Crippen molar-refractivity contribution < 1.29 is 18.9 Å². The summed E-state index contributed by atoms with van der Waals surface area (Å²) in [4.78, 5) is 15.4. The predicted octanol–water partition coefficient (Wildman–Crippen LogP) is 2.46. The van der Waals surface area contributed by atoms with Crippen LogP contribution in [0.1, 0.15) is 54.6 Å². The van der Waals surface area contributed by atoms with E-state index in [2.05, 4.69) is 20.6 Å². The number of carbonyl (C=O) groups excluding carboxylic acids is 1. The molecule has 1 atom stereocenters. The first kappa shape index (κ1) is 22.5. The van der Waals surface area contributed by atoms with Gasteiger partial charge in [0.15, 0.2) is 0 Å². The number of piperidine rings is 1. The number of aromatic nitrogens is 2. The molecule has 1 aliphatic carbocycles. The third-order valence-electron chi connectivity index (χ3n) is 7.34. The number of nitrogens with zero attached hydrogens (tertiary/aromatic N) is 3. The molecule has 1 amide bonds. The maximum atomic E-state index is 15.5. The number of fused-ring (bicyclic) bond motifs is 2. The number of nitrogens with one attached hydrogen (secondary N) is 2. The number of amides is 1. The highest BCUT2D eigenvalue weighted by Gasteiger charge is 2.33. The summed E-state index contributed by atoms with van der Waals surface area (Å²) in [5.74, 6) is -1.17. The first-order chi connectivity index (χ1) is 16.9. The molecule has 35 heavy (non-hydrogen) atoms. The van der Waals surface area contributed by atoms with E-state index >= 15 is 4.39 Å². The van der Waals surface area contributed by atoms with Gasteiger partial charge in [-0.2, -0.15) is 5.10 Å². The maximum Gasteiger partial charge on any atom is 0.492 e. The lowest BCUT2D eigenvalue weighted by Crippen LogP contribution is -2.43. The lowest BCUT2D eigenvalue weighted by molar-refractivity contribution is 0.102. The van der Waals surface area contributed by atoms with Gasteiger partial charge in [-0.25, -0.2) is 4.39 Å². The van der Waals surface area contributed by atoms with Crippen molar-refractivity contribution in [3.8, 4) is 0 Å². The van der Waals surface area contributed by atoms with E-state index in [1.54, 1.807) is 23.9 Å². The molecule has 2 aromatic carbocycles. The molecule has 3 aliphatic rings. The van der Waals surface area contributed by atoms with Crippen LogP contribution < -0.4 is 21.0 Å². The molecule has 2 fully saturated rings. The molecular formula is C25H29BFN5O3. The van der Waals surface area contributed by atoms with E-state index in [-0.39, 0.29) is 11.7 Å². The second-order valence-electron chi connectivity index (χ2n) is 9.95. The van der Waals surface area contributed by atoms with E-state index in [1.165, 1.54) is 18.9 Å². The van der Waals surface area contributed by atoms with Crippen molar-refractivity contribution in [3.05, 3.63) is 47.4 Å². The zero-order chi connectivity index (χ0) is 24.3. The van der Waals surface area contributed by atoms with Gasteiger partial charge in [-0.15, -0.1) is 0 Å². The minimum Gasteiger partial charge on any atom is -0.423 e. The van der Waals surface area contributed by atoms with Gasteiger partial charge >= 0.3 is 7.12 Å². The fourth-order valence-corrected chi connectivity index (χ4v) is 5.36. The van der Waals surface area contributed by atoms with Gasteiger partial charge in [0.25, 0.3) is 5.91 Å². The van der Waals surface area contributed by atoms with E-state index < -0.39 is 18.8 Å². The molecule has 1 saturated carbocycles. The molecule has 2 aliphatic heterocycles. The Morgan fingerprint density at radius 2 is 1.94 bits per heavy atom. The van der Waals surface area contributed by atoms with Crippen molar-refractivity contribution in [2.45, 2.75) is 50.8 Å². The van der Waals surface area contributed by atoms with Gasteiger partial charge in [0.2, 0.25) is 0 Å². The van der Waals surface area contributed by atoms with Crippen molar-refractivity contribution >= 4 is 40.8 Å². The van der Waals surface area contributed by atoms with Gasteiger partial charge in [0.1, 0.15) is 16.9 Å². The lowest BCUT2D eigenvalue weighted by Gasteiger charge is -2.34. The fourth-order valence-electron chi connectivity index (χ4n) is 5.36. The van der Waals surface area contributed by atoms with Crippen molar-refractivity contribution in [1.29, 1.82) is 0 Å². The Hall–Kier alpha value is -2.95. The summed E-state index contributed by atoms with van der Waals surface area (Å²) in [5, 5.41) is 21.8. The SMILES string of the molecule is CC1OB(O)c2cc(NC(=O)c3c(F)cc(N4CCC(NC5CC5)CC4)c4cn(C)nc34)ccc21. The Morgan fingerprint density at radius 1 is 1.20 bits per heavy atom. The van der Waals surface area contributed by atoms with Crippen molar-refractivity contribution in [2.24, 2.45) is 7.05 Å². The van der Waals surface area contributed by atoms with Crippen molar-refractivity contribution in [1.82, 2.24) is 15.1 Å². The van der Waals surface area contributed by atoms with E-state index in [4.69, 9.17) is 4.65 Å². The molecule has 0 bridgehead atoms. The molecule has 6 rings (SSSR count). The van der Waals surface area contributed by atoms with E-state index in [0.29, 0.717) is 28.8 Å². The van der Waals surface area contributed by atoms with Crippen LogP contribution in [0.25, 0.3) is 10.9 Å². The Labute approximate surface area is 203 Å². The topological polar surface area (TPSA) is 91.6 Å². The van der Waals surface area contributed by atoms with Crippen LogP contribution in [0.2, 0.25) is 0 Å². The highest BCUT2D eigenvalue weighted by Crippen LogP contribution is 2.34. The normalized spacial score (nSPS) is 20.5. The molecule has 1 saturated heterocycles. The highest BCUT2D eigenvalue weighted by atomic mass is 19.1. The van der Waals surface area contributed by atoms with E-state index in [1.807, 2.05) is 19.2 Å². The van der Waals surface area contributed by atoms with Gasteiger partial charge in [-0.3, -0.25) is 9.48 Å². The number of rotatable bonds is 5. The monoisotopic (exact) mass is 477 g/mol. The van der Waals surface area contributed by atoms with E-state index in [9.17, 15) is 9.82 Å². The zero-order valence-electron chi connectivity index (χ0n) is 19.9. The van der Waals surface area contributed by atoms with Crippen LogP contribution in [0.3, 0.4) is 0 Å². The number of aryl methyl sites for hydroxylation is 1. The molecule has 3 aromatic rings. The summed E-state index contributed by atoms with van der Waals surface area (Å²) >= 11 is 0.